The number of rotatable bonds is 6. The Kier molecular flexibility index (Phi) is 4.85. The molecule has 0 aliphatic heterocycles. The molecule has 0 aliphatic rings. The summed E-state index contributed by atoms with van der Waals surface area (Å²) in [6.07, 6.45) is 0. The molecule has 7 nitrogen and oxygen atoms in total. The Bertz CT molecular complexity index is 846. The SMILES string of the molecule is C[C@@H](c1nnc(-c2ccc([N+](=O)[O-])cc2)o1)N(C)Cc1ccccc1. The Morgan fingerprint density at radius 3 is 2.44 bits per heavy atom. The van der Waals surface area contributed by atoms with Crippen molar-refractivity contribution < 1.29 is 9.34 Å². The minimum Gasteiger partial charge on any atom is -0.419 e. The third kappa shape index (κ3) is 3.89. The van der Waals surface area contributed by atoms with E-state index >= 15 is 0 Å². The molecule has 1 heterocycles. The van der Waals surface area contributed by atoms with Gasteiger partial charge in [0.1, 0.15) is 0 Å². The smallest absolute Gasteiger partial charge is 0.269 e. The lowest BCUT2D eigenvalue weighted by molar-refractivity contribution is -0.384. The predicted molar refractivity (Wildman–Crippen MR) is 92.7 cm³/mol. The van der Waals surface area contributed by atoms with E-state index < -0.39 is 4.92 Å². The van der Waals surface area contributed by atoms with Gasteiger partial charge in [-0.1, -0.05) is 30.3 Å². The van der Waals surface area contributed by atoms with E-state index in [-0.39, 0.29) is 11.7 Å². The fourth-order valence-corrected chi connectivity index (χ4v) is 2.44. The van der Waals surface area contributed by atoms with Crippen LogP contribution in [-0.4, -0.2) is 27.1 Å². The highest BCUT2D eigenvalue weighted by atomic mass is 16.6. The van der Waals surface area contributed by atoms with E-state index in [1.807, 2.05) is 32.2 Å². The zero-order valence-corrected chi connectivity index (χ0v) is 14.0. The van der Waals surface area contributed by atoms with Gasteiger partial charge in [-0.3, -0.25) is 15.0 Å². The van der Waals surface area contributed by atoms with Crippen molar-refractivity contribution in [2.75, 3.05) is 7.05 Å². The fraction of sp³-hybridized carbons (Fsp3) is 0.222. The van der Waals surface area contributed by atoms with Crippen LogP contribution in [0.3, 0.4) is 0 Å². The third-order valence-electron chi connectivity index (χ3n) is 4.06. The summed E-state index contributed by atoms with van der Waals surface area (Å²) in [7, 11) is 1.99. The second-order valence-electron chi connectivity index (χ2n) is 5.83. The number of hydrogen-bond donors (Lipinski definition) is 0. The maximum atomic E-state index is 10.7. The van der Waals surface area contributed by atoms with E-state index in [0.29, 0.717) is 17.3 Å². The molecule has 0 saturated heterocycles. The summed E-state index contributed by atoms with van der Waals surface area (Å²) in [5, 5.41) is 18.9. The topological polar surface area (TPSA) is 85.3 Å². The summed E-state index contributed by atoms with van der Waals surface area (Å²) in [5.41, 5.74) is 1.88. The molecular weight excluding hydrogens is 320 g/mol. The highest BCUT2D eigenvalue weighted by Gasteiger charge is 2.19. The summed E-state index contributed by atoms with van der Waals surface area (Å²) in [4.78, 5) is 12.4. The van der Waals surface area contributed by atoms with Gasteiger partial charge in [0.05, 0.1) is 11.0 Å². The average Bonchev–Trinajstić information content (AvgIpc) is 3.12. The lowest BCUT2D eigenvalue weighted by Crippen LogP contribution is -2.22. The van der Waals surface area contributed by atoms with E-state index in [2.05, 4.69) is 27.2 Å². The third-order valence-corrected chi connectivity index (χ3v) is 4.06. The van der Waals surface area contributed by atoms with Crippen molar-refractivity contribution in [1.29, 1.82) is 0 Å². The molecule has 7 heteroatoms. The second-order valence-corrected chi connectivity index (χ2v) is 5.83. The van der Waals surface area contributed by atoms with Gasteiger partial charge in [0.25, 0.3) is 5.69 Å². The molecule has 0 spiro atoms. The van der Waals surface area contributed by atoms with Crippen molar-refractivity contribution in [2.45, 2.75) is 19.5 Å². The van der Waals surface area contributed by atoms with Gasteiger partial charge in [-0.25, -0.2) is 0 Å². The summed E-state index contributed by atoms with van der Waals surface area (Å²) < 4.78 is 5.76. The monoisotopic (exact) mass is 338 g/mol. The van der Waals surface area contributed by atoms with Gasteiger partial charge in [0, 0.05) is 24.2 Å². The molecule has 128 valence electrons. The van der Waals surface area contributed by atoms with Crippen LogP contribution < -0.4 is 0 Å². The molecule has 0 radical (unpaired) electrons. The molecule has 2 aromatic carbocycles. The number of benzene rings is 2. The highest BCUT2D eigenvalue weighted by Crippen LogP contribution is 2.25. The van der Waals surface area contributed by atoms with Crippen LogP contribution in [0.25, 0.3) is 11.5 Å². The Morgan fingerprint density at radius 2 is 1.80 bits per heavy atom. The lowest BCUT2D eigenvalue weighted by atomic mass is 10.2. The zero-order valence-electron chi connectivity index (χ0n) is 14.0. The molecule has 0 aliphatic carbocycles. The molecule has 0 saturated carbocycles. The Morgan fingerprint density at radius 1 is 1.12 bits per heavy atom. The van der Waals surface area contributed by atoms with Crippen LogP contribution in [0.5, 0.6) is 0 Å². The first kappa shape index (κ1) is 16.8. The fourth-order valence-electron chi connectivity index (χ4n) is 2.44. The first-order chi connectivity index (χ1) is 12.0. The molecule has 0 bridgehead atoms. The molecule has 25 heavy (non-hydrogen) atoms. The van der Waals surface area contributed by atoms with Crippen LogP contribution in [0.1, 0.15) is 24.4 Å². The molecule has 3 rings (SSSR count). The van der Waals surface area contributed by atoms with Crippen molar-refractivity contribution >= 4 is 5.69 Å². The number of nitro benzene ring substituents is 1. The van der Waals surface area contributed by atoms with E-state index in [9.17, 15) is 10.1 Å². The maximum absolute atomic E-state index is 10.7. The first-order valence-corrected chi connectivity index (χ1v) is 7.87. The number of nitro groups is 1. The normalized spacial score (nSPS) is 12.3. The van der Waals surface area contributed by atoms with Crippen LogP contribution in [0.4, 0.5) is 5.69 Å². The predicted octanol–water partition coefficient (Wildman–Crippen LogP) is 3.84. The molecular formula is C18H18N4O3. The summed E-state index contributed by atoms with van der Waals surface area (Å²) in [6, 6.07) is 16.1. The van der Waals surface area contributed by atoms with Crippen molar-refractivity contribution in [1.82, 2.24) is 15.1 Å². The van der Waals surface area contributed by atoms with Gasteiger partial charge in [0.2, 0.25) is 11.8 Å². The quantitative estimate of drug-likeness (QED) is 0.501. The largest absolute Gasteiger partial charge is 0.419 e. The van der Waals surface area contributed by atoms with Gasteiger partial charge < -0.3 is 4.42 Å². The van der Waals surface area contributed by atoms with Gasteiger partial charge in [0.15, 0.2) is 0 Å². The van der Waals surface area contributed by atoms with Crippen LogP contribution in [0.2, 0.25) is 0 Å². The van der Waals surface area contributed by atoms with Crippen LogP contribution in [0.15, 0.2) is 59.0 Å². The van der Waals surface area contributed by atoms with Gasteiger partial charge in [-0.15, -0.1) is 10.2 Å². The second kappa shape index (κ2) is 7.23. The minimum atomic E-state index is -0.441. The van der Waals surface area contributed by atoms with Crippen LogP contribution >= 0.6 is 0 Å². The molecule has 1 atom stereocenters. The average molecular weight is 338 g/mol. The van der Waals surface area contributed by atoms with Gasteiger partial charge in [-0.05, 0) is 31.7 Å². The van der Waals surface area contributed by atoms with E-state index in [4.69, 9.17) is 4.42 Å². The molecule has 0 amide bonds. The summed E-state index contributed by atoms with van der Waals surface area (Å²) in [5.74, 6) is 0.858. The van der Waals surface area contributed by atoms with Crippen molar-refractivity contribution in [3.63, 3.8) is 0 Å². The van der Waals surface area contributed by atoms with Crippen molar-refractivity contribution in [3.05, 3.63) is 76.2 Å². The molecule has 0 fully saturated rings. The molecule has 1 aromatic heterocycles. The van der Waals surface area contributed by atoms with Crippen molar-refractivity contribution in [2.24, 2.45) is 0 Å². The highest BCUT2D eigenvalue weighted by molar-refractivity contribution is 5.55. The number of non-ortho nitro benzene ring substituents is 1. The van der Waals surface area contributed by atoms with E-state index in [0.717, 1.165) is 6.54 Å². The summed E-state index contributed by atoms with van der Waals surface area (Å²) in [6.45, 7) is 2.76. The number of hydrogen-bond acceptors (Lipinski definition) is 6. The first-order valence-electron chi connectivity index (χ1n) is 7.87. The number of aromatic nitrogens is 2. The summed E-state index contributed by atoms with van der Waals surface area (Å²) >= 11 is 0. The molecule has 0 N–H and O–H groups in total. The van der Waals surface area contributed by atoms with Gasteiger partial charge in [-0.2, -0.15) is 0 Å². The standard InChI is InChI=1S/C18H18N4O3/c1-13(21(2)12-14-6-4-3-5-7-14)17-19-20-18(25-17)15-8-10-16(11-9-15)22(23)24/h3-11,13H,12H2,1-2H3/t13-/m0/s1. The van der Waals surface area contributed by atoms with Crippen LogP contribution in [0, 0.1) is 10.1 Å². The molecule has 3 aromatic rings. The zero-order chi connectivity index (χ0) is 17.8. The van der Waals surface area contributed by atoms with Crippen molar-refractivity contribution in [3.8, 4) is 11.5 Å². The minimum absolute atomic E-state index is 0.0273. The van der Waals surface area contributed by atoms with E-state index in [1.165, 1.54) is 17.7 Å². The Labute approximate surface area is 145 Å². The number of nitrogens with zero attached hydrogens (tertiary/aromatic N) is 4. The molecule has 0 unspecified atom stereocenters. The maximum Gasteiger partial charge on any atom is 0.269 e. The Hall–Kier alpha value is -3.06. The van der Waals surface area contributed by atoms with E-state index in [1.54, 1.807) is 12.1 Å². The van der Waals surface area contributed by atoms with Gasteiger partial charge >= 0.3 is 0 Å². The van der Waals surface area contributed by atoms with Crippen LogP contribution in [-0.2, 0) is 6.54 Å². The lowest BCUT2D eigenvalue weighted by Gasteiger charge is -2.21. The Balaban J connectivity index is 1.72.